The van der Waals surface area contributed by atoms with Crippen LogP contribution in [-0.2, 0) is 0 Å². The van der Waals surface area contributed by atoms with E-state index in [0.29, 0.717) is 5.11 Å². The molecule has 2 aromatic heterocycles. The number of pyridine rings is 1. The molecule has 178 valence electrons. The normalized spacial score (nSPS) is 17.7. The smallest absolute Gasteiger partial charge is 0.174 e. The zero-order valence-corrected chi connectivity index (χ0v) is 23.0. The summed E-state index contributed by atoms with van der Waals surface area (Å²) in [5, 5.41) is 4.30. The van der Waals surface area contributed by atoms with Crippen LogP contribution in [0.1, 0.15) is 51.4 Å². The fraction of sp³-hybridized carbons (Fsp3) is 0.241. The molecular weight excluding hydrogens is 516 g/mol. The zero-order chi connectivity index (χ0) is 24.9. The van der Waals surface area contributed by atoms with Gasteiger partial charge >= 0.3 is 0 Å². The molecule has 4 nitrogen and oxygen atoms in total. The first-order chi connectivity index (χ1) is 16.8. The van der Waals surface area contributed by atoms with E-state index in [2.05, 4.69) is 114 Å². The molecule has 5 rings (SSSR count). The van der Waals surface area contributed by atoms with Crippen LogP contribution in [0.15, 0.2) is 71.3 Å². The van der Waals surface area contributed by atoms with Crippen LogP contribution in [0.25, 0.3) is 5.69 Å². The second-order valence-electron chi connectivity index (χ2n) is 9.31. The summed E-state index contributed by atoms with van der Waals surface area (Å²) < 4.78 is 3.46. The lowest BCUT2D eigenvalue weighted by Gasteiger charge is -2.28. The summed E-state index contributed by atoms with van der Waals surface area (Å²) in [7, 11) is 0. The maximum Gasteiger partial charge on any atom is 0.174 e. The van der Waals surface area contributed by atoms with E-state index in [1.165, 1.54) is 39.3 Å². The quantitative estimate of drug-likeness (QED) is 0.272. The number of nitrogens with zero attached hydrogens (tertiary/aromatic N) is 3. The third-order valence-corrected chi connectivity index (χ3v) is 8.33. The molecule has 0 spiro atoms. The Morgan fingerprint density at radius 2 is 1.71 bits per heavy atom. The van der Waals surface area contributed by atoms with Gasteiger partial charge in [-0.2, -0.15) is 0 Å². The summed E-state index contributed by atoms with van der Waals surface area (Å²) in [6.45, 7) is 10.9. The summed E-state index contributed by atoms with van der Waals surface area (Å²) in [5.74, 6) is 0. The number of thiocarbonyl (C=S) groups is 1. The van der Waals surface area contributed by atoms with E-state index in [1.54, 1.807) is 0 Å². The second kappa shape index (κ2) is 9.25. The Balaban J connectivity index is 1.71. The SMILES string of the molecule is Cc1cc(N2C(=S)N[C@H](c3ccccn3)[C@@H]2c2cc(C)n(-c3cccc(C)c3C)c2C)ccc1Br. The lowest BCUT2D eigenvalue weighted by atomic mass is 9.96. The lowest BCUT2D eigenvalue weighted by Crippen LogP contribution is -2.29. The molecule has 1 fully saturated rings. The predicted octanol–water partition coefficient (Wildman–Crippen LogP) is 7.35. The summed E-state index contributed by atoms with van der Waals surface area (Å²) in [5.41, 5.74) is 10.7. The van der Waals surface area contributed by atoms with Crippen LogP contribution in [0.2, 0.25) is 0 Å². The van der Waals surface area contributed by atoms with Gasteiger partial charge in [-0.1, -0.05) is 34.1 Å². The van der Waals surface area contributed by atoms with Crippen LogP contribution in [0.5, 0.6) is 0 Å². The Bertz CT molecular complexity index is 1430. The van der Waals surface area contributed by atoms with Gasteiger partial charge in [-0.25, -0.2) is 0 Å². The predicted molar refractivity (Wildman–Crippen MR) is 152 cm³/mol. The summed E-state index contributed by atoms with van der Waals surface area (Å²) >= 11 is 9.58. The van der Waals surface area contributed by atoms with Crippen molar-refractivity contribution in [2.75, 3.05) is 4.90 Å². The first-order valence-electron chi connectivity index (χ1n) is 11.8. The van der Waals surface area contributed by atoms with Crippen LogP contribution < -0.4 is 10.2 Å². The molecule has 1 aliphatic heterocycles. The van der Waals surface area contributed by atoms with Gasteiger partial charge in [0.1, 0.15) is 0 Å². The number of nitrogens with one attached hydrogen (secondary N) is 1. The largest absolute Gasteiger partial charge is 0.351 e. The molecule has 0 unspecified atom stereocenters. The number of rotatable bonds is 4. The van der Waals surface area contributed by atoms with Gasteiger partial charge in [0, 0.05) is 33.4 Å². The number of aryl methyl sites for hydroxylation is 3. The van der Waals surface area contributed by atoms with Gasteiger partial charge in [-0.15, -0.1) is 0 Å². The van der Waals surface area contributed by atoms with E-state index in [-0.39, 0.29) is 12.1 Å². The van der Waals surface area contributed by atoms with Crippen molar-refractivity contribution in [2.24, 2.45) is 0 Å². The van der Waals surface area contributed by atoms with E-state index in [1.807, 2.05) is 18.3 Å². The third kappa shape index (κ3) is 4.09. The van der Waals surface area contributed by atoms with Crippen LogP contribution in [0, 0.1) is 34.6 Å². The minimum absolute atomic E-state index is 0.0389. The molecule has 1 saturated heterocycles. The molecule has 0 saturated carbocycles. The van der Waals surface area contributed by atoms with E-state index in [4.69, 9.17) is 17.2 Å². The fourth-order valence-corrected chi connectivity index (χ4v) is 5.76. The van der Waals surface area contributed by atoms with Crippen molar-refractivity contribution in [1.29, 1.82) is 0 Å². The van der Waals surface area contributed by atoms with Gasteiger partial charge in [-0.05, 0) is 112 Å². The highest BCUT2D eigenvalue weighted by Crippen LogP contribution is 2.44. The highest BCUT2D eigenvalue weighted by Gasteiger charge is 2.42. The van der Waals surface area contributed by atoms with Gasteiger partial charge in [-0.3, -0.25) is 4.98 Å². The lowest BCUT2D eigenvalue weighted by molar-refractivity contribution is 0.565. The molecule has 1 aliphatic rings. The molecule has 35 heavy (non-hydrogen) atoms. The van der Waals surface area contributed by atoms with E-state index in [9.17, 15) is 0 Å². The van der Waals surface area contributed by atoms with E-state index >= 15 is 0 Å². The monoisotopic (exact) mass is 544 g/mol. The molecule has 2 atom stereocenters. The van der Waals surface area contributed by atoms with Crippen LogP contribution >= 0.6 is 28.1 Å². The first-order valence-corrected chi connectivity index (χ1v) is 13.0. The second-order valence-corrected chi connectivity index (χ2v) is 10.6. The van der Waals surface area contributed by atoms with Crippen molar-refractivity contribution in [1.82, 2.24) is 14.9 Å². The van der Waals surface area contributed by atoms with Gasteiger partial charge in [0.05, 0.1) is 17.8 Å². The summed E-state index contributed by atoms with van der Waals surface area (Å²) in [6.07, 6.45) is 1.85. The summed E-state index contributed by atoms with van der Waals surface area (Å²) in [6, 6.07) is 21.2. The molecular formula is C29H29BrN4S. The number of anilines is 1. The fourth-order valence-electron chi connectivity index (χ4n) is 5.16. The van der Waals surface area contributed by atoms with E-state index in [0.717, 1.165) is 15.9 Å². The number of halogens is 1. The minimum Gasteiger partial charge on any atom is -0.351 e. The van der Waals surface area contributed by atoms with Crippen LogP contribution in [0.4, 0.5) is 5.69 Å². The molecule has 0 amide bonds. The number of hydrogen-bond acceptors (Lipinski definition) is 2. The molecule has 2 aromatic carbocycles. The van der Waals surface area contributed by atoms with Crippen molar-refractivity contribution in [3.63, 3.8) is 0 Å². The molecule has 0 radical (unpaired) electrons. The standard InChI is InChI=1S/C29H29BrN4S/c1-17-9-8-11-26(20(17)4)33-19(3)16-23(21(33)5)28-27(25-10-6-7-14-31-25)32-29(35)34(28)22-12-13-24(30)18(2)15-22/h6-16,27-28H,1-5H3,(H,32,35)/t27-,28+/m1/s1. The molecule has 0 aliphatic carbocycles. The number of hydrogen-bond donors (Lipinski definition) is 1. The van der Waals surface area contributed by atoms with Gasteiger partial charge in [0.25, 0.3) is 0 Å². The highest BCUT2D eigenvalue weighted by atomic mass is 79.9. The Hall–Kier alpha value is -2.96. The Labute approximate surface area is 221 Å². The molecule has 6 heteroatoms. The molecule has 1 N–H and O–H groups in total. The summed E-state index contributed by atoms with van der Waals surface area (Å²) in [4.78, 5) is 6.96. The first kappa shape index (κ1) is 23.8. The Morgan fingerprint density at radius 3 is 2.43 bits per heavy atom. The maximum absolute atomic E-state index is 5.94. The van der Waals surface area contributed by atoms with Crippen molar-refractivity contribution in [3.05, 3.63) is 111 Å². The Morgan fingerprint density at radius 1 is 0.914 bits per heavy atom. The highest BCUT2D eigenvalue weighted by molar-refractivity contribution is 9.10. The van der Waals surface area contributed by atoms with Crippen molar-refractivity contribution < 1.29 is 0 Å². The average Bonchev–Trinajstić information content (AvgIpc) is 3.33. The van der Waals surface area contributed by atoms with Crippen molar-refractivity contribution >= 4 is 38.9 Å². The third-order valence-electron chi connectivity index (χ3n) is 7.12. The van der Waals surface area contributed by atoms with Gasteiger partial charge in [0.15, 0.2) is 5.11 Å². The van der Waals surface area contributed by atoms with E-state index < -0.39 is 0 Å². The topological polar surface area (TPSA) is 33.1 Å². The number of aromatic nitrogens is 2. The Kier molecular flexibility index (Phi) is 6.28. The molecule has 3 heterocycles. The number of benzene rings is 2. The molecule has 0 bridgehead atoms. The average molecular weight is 546 g/mol. The van der Waals surface area contributed by atoms with Crippen LogP contribution in [-0.4, -0.2) is 14.7 Å². The maximum atomic E-state index is 5.94. The van der Waals surface area contributed by atoms with Crippen LogP contribution in [0.3, 0.4) is 0 Å². The molecule has 4 aromatic rings. The zero-order valence-electron chi connectivity index (χ0n) is 20.6. The van der Waals surface area contributed by atoms with Crippen molar-refractivity contribution in [2.45, 2.75) is 46.7 Å². The minimum atomic E-state index is -0.0693. The van der Waals surface area contributed by atoms with Crippen molar-refractivity contribution in [3.8, 4) is 5.69 Å². The van der Waals surface area contributed by atoms with Gasteiger partial charge < -0.3 is 14.8 Å². The van der Waals surface area contributed by atoms with Gasteiger partial charge in [0.2, 0.25) is 0 Å².